The largest absolute Gasteiger partial charge is 0.266 e. The molecule has 0 spiro atoms. The molecule has 9 heteroatoms. The van der Waals surface area contributed by atoms with Crippen molar-refractivity contribution in [3.8, 4) is 10.6 Å². The number of aryl methyl sites for hydroxylation is 1. The zero-order valence-corrected chi connectivity index (χ0v) is 16.2. The van der Waals surface area contributed by atoms with Crippen LogP contribution in [0.25, 0.3) is 10.6 Å². The van der Waals surface area contributed by atoms with E-state index in [2.05, 4.69) is 10.1 Å². The Labute approximate surface area is 160 Å². The molecule has 0 bridgehead atoms. The lowest BCUT2D eigenvalue weighted by Gasteiger charge is -2.21. The second kappa shape index (κ2) is 6.53. The number of sulfonamides is 1. The lowest BCUT2D eigenvalue weighted by Crippen LogP contribution is -2.38. The van der Waals surface area contributed by atoms with Crippen molar-refractivity contribution < 1.29 is 8.42 Å². The summed E-state index contributed by atoms with van der Waals surface area (Å²) in [4.78, 5) is 5.61. The van der Waals surface area contributed by atoms with Crippen molar-refractivity contribution in [2.24, 2.45) is 4.99 Å². The van der Waals surface area contributed by atoms with E-state index < -0.39 is 10.0 Å². The third-order valence-corrected chi connectivity index (χ3v) is 6.91. The smallest absolute Gasteiger partial charge is 0.248 e. The molecule has 3 aromatic rings. The molecule has 0 amide bonds. The summed E-state index contributed by atoms with van der Waals surface area (Å²) >= 11 is 7.45. The fourth-order valence-electron chi connectivity index (χ4n) is 2.81. The van der Waals surface area contributed by atoms with Gasteiger partial charge in [0, 0.05) is 5.02 Å². The highest BCUT2D eigenvalue weighted by atomic mass is 35.5. The lowest BCUT2D eigenvalue weighted by atomic mass is 10.3. The Morgan fingerprint density at radius 3 is 2.65 bits per heavy atom. The Kier molecular flexibility index (Phi) is 4.34. The van der Waals surface area contributed by atoms with E-state index in [-0.39, 0.29) is 11.4 Å². The number of nitrogens with zero attached hydrogens (tertiary/aromatic N) is 4. The minimum absolute atomic E-state index is 0.179. The minimum Gasteiger partial charge on any atom is -0.248 e. The van der Waals surface area contributed by atoms with Crippen molar-refractivity contribution in [3.63, 3.8) is 0 Å². The molecule has 0 saturated carbocycles. The van der Waals surface area contributed by atoms with Gasteiger partial charge < -0.3 is 0 Å². The van der Waals surface area contributed by atoms with Gasteiger partial charge in [0.15, 0.2) is 0 Å². The molecule has 134 valence electrons. The van der Waals surface area contributed by atoms with Gasteiger partial charge in [0.1, 0.15) is 0 Å². The van der Waals surface area contributed by atoms with Crippen molar-refractivity contribution in [1.29, 1.82) is 0 Å². The highest BCUT2D eigenvalue weighted by Gasteiger charge is 2.33. The molecule has 26 heavy (non-hydrogen) atoms. The number of rotatable bonds is 3. The summed E-state index contributed by atoms with van der Waals surface area (Å²) in [5, 5.41) is 6.95. The molecule has 1 aromatic carbocycles. The zero-order valence-electron chi connectivity index (χ0n) is 13.8. The number of aliphatic imine (C=N–C) groups is 1. The Morgan fingerprint density at radius 1 is 1.19 bits per heavy atom. The molecule has 0 saturated heterocycles. The van der Waals surface area contributed by atoms with Crippen LogP contribution in [0.15, 0.2) is 57.7 Å². The molecule has 0 N–H and O–H groups in total. The van der Waals surface area contributed by atoms with Crippen LogP contribution in [-0.4, -0.2) is 41.6 Å². The van der Waals surface area contributed by atoms with Gasteiger partial charge in [-0.25, -0.2) is 17.7 Å². The Morgan fingerprint density at radius 2 is 1.96 bits per heavy atom. The molecule has 4 rings (SSSR count). The van der Waals surface area contributed by atoms with E-state index in [1.54, 1.807) is 28.2 Å². The average Bonchev–Trinajstić information content (AvgIpc) is 3.35. The summed E-state index contributed by atoms with van der Waals surface area (Å²) in [6.45, 7) is 2.55. The Balaban J connectivity index is 1.78. The van der Waals surface area contributed by atoms with Gasteiger partial charge in [0.2, 0.25) is 5.96 Å². The summed E-state index contributed by atoms with van der Waals surface area (Å²) in [6.07, 6.45) is 0. The van der Waals surface area contributed by atoms with Gasteiger partial charge >= 0.3 is 0 Å². The van der Waals surface area contributed by atoms with Crippen LogP contribution in [0, 0.1) is 6.92 Å². The van der Waals surface area contributed by atoms with E-state index in [4.69, 9.17) is 11.6 Å². The maximum Gasteiger partial charge on any atom is 0.266 e. The Hall–Kier alpha value is -2.16. The van der Waals surface area contributed by atoms with Crippen molar-refractivity contribution in [1.82, 2.24) is 14.1 Å². The first-order valence-corrected chi connectivity index (χ1v) is 10.6. The minimum atomic E-state index is -3.74. The lowest BCUT2D eigenvalue weighted by molar-refractivity contribution is 0.530. The summed E-state index contributed by atoms with van der Waals surface area (Å²) in [5.74, 6) is 0.316. The molecule has 0 unspecified atom stereocenters. The van der Waals surface area contributed by atoms with Crippen molar-refractivity contribution in [3.05, 3.63) is 58.6 Å². The van der Waals surface area contributed by atoms with Crippen LogP contribution < -0.4 is 0 Å². The van der Waals surface area contributed by atoms with Crippen molar-refractivity contribution in [2.45, 2.75) is 11.8 Å². The fraction of sp³-hybridized carbons (Fsp3) is 0.176. The molecule has 0 radical (unpaired) electrons. The van der Waals surface area contributed by atoms with Crippen LogP contribution in [0.2, 0.25) is 5.02 Å². The third kappa shape index (κ3) is 2.94. The molecule has 0 atom stereocenters. The molecule has 0 aliphatic carbocycles. The average molecular weight is 407 g/mol. The van der Waals surface area contributed by atoms with Gasteiger partial charge in [-0.2, -0.15) is 9.78 Å². The maximum absolute atomic E-state index is 13.1. The molecular weight excluding hydrogens is 392 g/mol. The number of benzene rings is 1. The summed E-state index contributed by atoms with van der Waals surface area (Å²) < 4.78 is 29.1. The van der Waals surface area contributed by atoms with Crippen LogP contribution >= 0.6 is 22.9 Å². The predicted octanol–water partition coefficient (Wildman–Crippen LogP) is 3.48. The highest BCUT2D eigenvalue weighted by Crippen LogP contribution is 2.28. The van der Waals surface area contributed by atoms with E-state index in [9.17, 15) is 8.42 Å². The number of thiophene rings is 1. The quantitative estimate of drug-likeness (QED) is 0.668. The fourth-order valence-corrected chi connectivity index (χ4v) is 5.07. The molecule has 6 nitrogen and oxygen atoms in total. The third-order valence-electron chi connectivity index (χ3n) is 3.98. The van der Waals surface area contributed by atoms with E-state index in [1.165, 1.54) is 16.4 Å². The first-order valence-electron chi connectivity index (χ1n) is 7.90. The van der Waals surface area contributed by atoms with Crippen LogP contribution in [0.5, 0.6) is 0 Å². The highest BCUT2D eigenvalue weighted by molar-refractivity contribution is 7.89. The first-order chi connectivity index (χ1) is 12.5. The molecular formula is C17H15ClN4O2S2. The van der Waals surface area contributed by atoms with Gasteiger partial charge in [-0.05, 0) is 48.7 Å². The van der Waals surface area contributed by atoms with Crippen molar-refractivity contribution >= 4 is 38.9 Å². The van der Waals surface area contributed by atoms with Crippen LogP contribution in [0.3, 0.4) is 0 Å². The number of aromatic nitrogens is 2. The predicted molar refractivity (Wildman–Crippen MR) is 103 cm³/mol. The molecule has 3 heterocycles. The normalized spacial score (nSPS) is 14.7. The van der Waals surface area contributed by atoms with Gasteiger partial charge in [-0.1, -0.05) is 17.7 Å². The summed E-state index contributed by atoms with van der Waals surface area (Å²) in [6, 6.07) is 12.0. The molecule has 2 aromatic heterocycles. The summed E-state index contributed by atoms with van der Waals surface area (Å²) in [5.41, 5.74) is 1.63. The Bertz CT molecular complexity index is 1070. The van der Waals surface area contributed by atoms with E-state index in [0.717, 1.165) is 16.3 Å². The number of halogens is 1. The zero-order chi connectivity index (χ0) is 18.3. The molecule has 0 fully saturated rings. The topological polar surface area (TPSA) is 67.6 Å². The van der Waals surface area contributed by atoms with Crippen LogP contribution in [-0.2, 0) is 10.0 Å². The van der Waals surface area contributed by atoms with Gasteiger partial charge in [0.05, 0.1) is 34.2 Å². The van der Waals surface area contributed by atoms with Crippen LogP contribution in [0.1, 0.15) is 5.69 Å². The number of hydrogen-bond acceptors (Lipinski definition) is 5. The maximum atomic E-state index is 13.1. The van der Waals surface area contributed by atoms with Gasteiger partial charge in [-0.15, -0.1) is 11.3 Å². The van der Waals surface area contributed by atoms with E-state index in [1.807, 2.05) is 30.5 Å². The van der Waals surface area contributed by atoms with Gasteiger partial charge in [-0.3, -0.25) is 0 Å². The molecule has 1 aliphatic rings. The van der Waals surface area contributed by atoms with Crippen LogP contribution in [0.4, 0.5) is 0 Å². The standard InChI is InChI=1S/C17H15ClN4O2S2/c1-12-11-15(16-3-2-10-25-16)22(20-12)17-19-8-9-21(17)26(23,24)14-6-4-13(18)5-7-14/h2-7,10-11H,8-9H2,1H3. The van der Waals surface area contributed by atoms with Crippen molar-refractivity contribution in [2.75, 3.05) is 13.1 Å². The monoisotopic (exact) mass is 406 g/mol. The summed E-state index contributed by atoms with van der Waals surface area (Å²) in [7, 11) is -3.74. The van der Waals surface area contributed by atoms with Gasteiger partial charge in [0.25, 0.3) is 10.0 Å². The van der Waals surface area contributed by atoms with E-state index >= 15 is 0 Å². The number of hydrogen-bond donors (Lipinski definition) is 0. The first kappa shape index (κ1) is 17.3. The second-order valence-corrected chi connectivity index (χ2v) is 9.02. The second-order valence-electron chi connectivity index (χ2n) is 5.77. The SMILES string of the molecule is Cc1cc(-c2cccs2)n(C2=NCCN2S(=O)(=O)c2ccc(Cl)cc2)n1. The molecule has 1 aliphatic heterocycles. The van der Waals surface area contributed by atoms with E-state index in [0.29, 0.717) is 17.5 Å².